The van der Waals surface area contributed by atoms with Crippen LogP contribution in [-0.2, 0) is 6.54 Å². The standard InChI is InChI=1S/C12H14N2S2/c1-16-8-7-14-11(9-13-12(14)15)10-5-3-2-4-6-10/h2-6,9H,7-8H2,1H3,(H,13,15). The Morgan fingerprint density at radius 3 is 2.75 bits per heavy atom. The van der Waals surface area contributed by atoms with Crippen molar-refractivity contribution in [1.82, 2.24) is 9.55 Å². The predicted molar refractivity (Wildman–Crippen MR) is 73.4 cm³/mol. The summed E-state index contributed by atoms with van der Waals surface area (Å²) in [5, 5.41) is 0. The normalized spacial score (nSPS) is 10.6. The first-order valence-electron chi connectivity index (χ1n) is 5.15. The molecule has 1 N–H and O–H groups in total. The lowest BCUT2D eigenvalue weighted by Crippen LogP contribution is -2.02. The van der Waals surface area contributed by atoms with Gasteiger partial charge in [-0.25, -0.2) is 0 Å². The average Bonchev–Trinajstić information content (AvgIpc) is 2.69. The number of aromatic amines is 1. The molecule has 16 heavy (non-hydrogen) atoms. The fourth-order valence-corrected chi connectivity index (χ4v) is 2.26. The van der Waals surface area contributed by atoms with Crippen LogP contribution in [0.15, 0.2) is 36.5 Å². The summed E-state index contributed by atoms with van der Waals surface area (Å²) in [6.45, 7) is 0.952. The first-order valence-corrected chi connectivity index (χ1v) is 6.95. The third kappa shape index (κ3) is 2.39. The summed E-state index contributed by atoms with van der Waals surface area (Å²) >= 11 is 7.12. The molecule has 0 amide bonds. The number of imidazole rings is 1. The van der Waals surface area contributed by atoms with E-state index in [0.29, 0.717) is 0 Å². The Hall–Kier alpha value is -1.00. The SMILES string of the molecule is CSCCn1c(-c2ccccc2)c[nH]c1=S. The van der Waals surface area contributed by atoms with Crippen LogP contribution in [0.5, 0.6) is 0 Å². The maximum absolute atomic E-state index is 5.28. The second-order valence-electron chi connectivity index (χ2n) is 3.49. The van der Waals surface area contributed by atoms with Gasteiger partial charge in [-0.1, -0.05) is 30.3 Å². The quantitative estimate of drug-likeness (QED) is 0.837. The Balaban J connectivity index is 2.38. The molecular weight excluding hydrogens is 236 g/mol. The van der Waals surface area contributed by atoms with Crippen molar-refractivity contribution in [2.24, 2.45) is 0 Å². The van der Waals surface area contributed by atoms with E-state index < -0.39 is 0 Å². The van der Waals surface area contributed by atoms with Gasteiger partial charge in [-0.3, -0.25) is 0 Å². The largest absolute Gasteiger partial charge is 0.337 e. The molecule has 2 aromatic rings. The van der Waals surface area contributed by atoms with Gasteiger partial charge in [0.25, 0.3) is 0 Å². The molecule has 2 nitrogen and oxygen atoms in total. The summed E-state index contributed by atoms with van der Waals surface area (Å²) in [7, 11) is 0. The van der Waals surface area contributed by atoms with Crippen molar-refractivity contribution in [3.63, 3.8) is 0 Å². The minimum Gasteiger partial charge on any atom is -0.337 e. The van der Waals surface area contributed by atoms with Crippen LogP contribution in [0.25, 0.3) is 11.3 Å². The highest BCUT2D eigenvalue weighted by atomic mass is 32.2. The highest BCUT2D eigenvalue weighted by Gasteiger charge is 2.05. The summed E-state index contributed by atoms with van der Waals surface area (Å²) in [5.41, 5.74) is 2.37. The summed E-state index contributed by atoms with van der Waals surface area (Å²) in [4.78, 5) is 3.11. The molecule has 84 valence electrons. The van der Waals surface area contributed by atoms with Gasteiger partial charge in [0.2, 0.25) is 0 Å². The van der Waals surface area contributed by atoms with Crippen LogP contribution in [0.3, 0.4) is 0 Å². The maximum Gasteiger partial charge on any atom is 0.177 e. The topological polar surface area (TPSA) is 20.7 Å². The van der Waals surface area contributed by atoms with Crippen molar-refractivity contribution in [3.8, 4) is 11.3 Å². The van der Waals surface area contributed by atoms with E-state index in [1.165, 1.54) is 11.3 Å². The number of thioether (sulfide) groups is 1. The Morgan fingerprint density at radius 1 is 1.31 bits per heavy atom. The Kier molecular flexibility index (Phi) is 3.85. The minimum absolute atomic E-state index is 0.799. The van der Waals surface area contributed by atoms with Gasteiger partial charge in [-0.05, 0) is 24.0 Å². The summed E-state index contributed by atoms with van der Waals surface area (Å²) in [6, 6.07) is 10.3. The molecule has 1 heterocycles. The number of nitrogens with one attached hydrogen (secondary N) is 1. The minimum atomic E-state index is 0.799. The lowest BCUT2D eigenvalue weighted by atomic mass is 10.2. The maximum atomic E-state index is 5.28. The van der Waals surface area contributed by atoms with E-state index in [1.54, 1.807) is 0 Å². The number of rotatable bonds is 4. The van der Waals surface area contributed by atoms with Crippen LogP contribution < -0.4 is 0 Å². The van der Waals surface area contributed by atoms with Gasteiger partial charge in [0.05, 0.1) is 5.69 Å². The molecule has 0 atom stereocenters. The molecule has 4 heteroatoms. The Morgan fingerprint density at radius 2 is 2.06 bits per heavy atom. The van der Waals surface area contributed by atoms with Crippen LogP contribution in [0, 0.1) is 4.77 Å². The highest BCUT2D eigenvalue weighted by Crippen LogP contribution is 2.19. The fourth-order valence-electron chi connectivity index (χ4n) is 1.65. The molecule has 0 spiro atoms. The number of hydrogen-bond acceptors (Lipinski definition) is 2. The molecule has 1 aromatic heterocycles. The van der Waals surface area contributed by atoms with E-state index in [2.05, 4.69) is 27.9 Å². The average molecular weight is 250 g/mol. The molecular formula is C12H14N2S2. The van der Waals surface area contributed by atoms with Gasteiger partial charge in [0.1, 0.15) is 0 Å². The molecule has 0 aliphatic carbocycles. The lowest BCUT2D eigenvalue weighted by Gasteiger charge is -2.07. The molecule has 0 radical (unpaired) electrons. The fraction of sp³-hybridized carbons (Fsp3) is 0.250. The molecule has 0 aliphatic heterocycles. The van der Waals surface area contributed by atoms with E-state index in [9.17, 15) is 0 Å². The van der Waals surface area contributed by atoms with Gasteiger partial charge in [0, 0.05) is 18.5 Å². The monoisotopic (exact) mass is 250 g/mol. The first kappa shape index (κ1) is 11.5. The van der Waals surface area contributed by atoms with Crippen LogP contribution in [-0.4, -0.2) is 21.6 Å². The van der Waals surface area contributed by atoms with Gasteiger partial charge >= 0.3 is 0 Å². The van der Waals surface area contributed by atoms with Crippen molar-refractivity contribution in [3.05, 3.63) is 41.3 Å². The number of H-pyrrole nitrogens is 1. The molecule has 0 fully saturated rings. The van der Waals surface area contributed by atoms with E-state index in [1.807, 2.05) is 36.2 Å². The van der Waals surface area contributed by atoms with E-state index in [4.69, 9.17) is 12.2 Å². The molecule has 0 unspecified atom stereocenters. The molecule has 2 rings (SSSR count). The summed E-state index contributed by atoms with van der Waals surface area (Å²) < 4.78 is 2.95. The van der Waals surface area contributed by atoms with Crippen LogP contribution in [0.4, 0.5) is 0 Å². The van der Waals surface area contributed by atoms with Gasteiger partial charge in [0.15, 0.2) is 4.77 Å². The number of hydrogen-bond donors (Lipinski definition) is 1. The van der Waals surface area contributed by atoms with E-state index in [0.717, 1.165) is 17.1 Å². The van der Waals surface area contributed by atoms with Crippen molar-refractivity contribution < 1.29 is 0 Å². The Bertz CT molecular complexity index is 499. The highest BCUT2D eigenvalue weighted by molar-refractivity contribution is 7.98. The number of nitrogens with zero attached hydrogens (tertiary/aromatic N) is 1. The van der Waals surface area contributed by atoms with Crippen molar-refractivity contribution >= 4 is 24.0 Å². The van der Waals surface area contributed by atoms with Crippen LogP contribution in [0.2, 0.25) is 0 Å². The summed E-state index contributed by atoms with van der Waals surface area (Å²) in [6.07, 6.45) is 4.09. The number of benzene rings is 1. The van der Waals surface area contributed by atoms with E-state index >= 15 is 0 Å². The molecule has 0 aliphatic rings. The third-order valence-electron chi connectivity index (χ3n) is 2.46. The zero-order chi connectivity index (χ0) is 11.4. The van der Waals surface area contributed by atoms with Crippen molar-refractivity contribution in [1.29, 1.82) is 0 Å². The molecule has 0 saturated carbocycles. The van der Waals surface area contributed by atoms with Crippen LogP contribution in [0.1, 0.15) is 0 Å². The molecule has 1 aromatic carbocycles. The second-order valence-corrected chi connectivity index (χ2v) is 4.86. The van der Waals surface area contributed by atoms with E-state index in [-0.39, 0.29) is 0 Å². The zero-order valence-electron chi connectivity index (χ0n) is 9.14. The third-order valence-corrected chi connectivity index (χ3v) is 3.39. The van der Waals surface area contributed by atoms with Crippen molar-refractivity contribution in [2.75, 3.05) is 12.0 Å². The number of aromatic nitrogens is 2. The van der Waals surface area contributed by atoms with Gasteiger partial charge in [-0.2, -0.15) is 11.8 Å². The van der Waals surface area contributed by atoms with Crippen LogP contribution >= 0.6 is 24.0 Å². The predicted octanol–water partition coefficient (Wildman–Crippen LogP) is 3.58. The van der Waals surface area contributed by atoms with Gasteiger partial charge in [-0.15, -0.1) is 0 Å². The Labute approximate surface area is 105 Å². The molecule has 0 bridgehead atoms. The smallest absolute Gasteiger partial charge is 0.177 e. The zero-order valence-corrected chi connectivity index (χ0v) is 10.8. The lowest BCUT2D eigenvalue weighted by molar-refractivity contribution is 0.766. The van der Waals surface area contributed by atoms with Crippen molar-refractivity contribution in [2.45, 2.75) is 6.54 Å². The second kappa shape index (κ2) is 5.37. The summed E-state index contributed by atoms with van der Waals surface area (Å²) in [5.74, 6) is 1.08. The van der Waals surface area contributed by atoms with Gasteiger partial charge < -0.3 is 9.55 Å². The first-order chi connectivity index (χ1) is 7.83. The molecule has 0 saturated heterocycles.